The van der Waals surface area contributed by atoms with Gasteiger partial charge >= 0.3 is 0 Å². The van der Waals surface area contributed by atoms with Gasteiger partial charge in [0.1, 0.15) is 17.2 Å². The number of halogens is 1. The number of carbonyl (C=O) groups is 1. The summed E-state index contributed by atoms with van der Waals surface area (Å²) in [6, 6.07) is 12.1. The number of piperidine rings is 1. The third-order valence-corrected chi connectivity index (χ3v) is 10.5. The van der Waals surface area contributed by atoms with Crippen molar-refractivity contribution in [3.05, 3.63) is 83.4 Å². The maximum atomic E-state index is 13.6. The van der Waals surface area contributed by atoms with Crippen molar-refractivity contribution in [2.24, 2.45) is 0 Å². The van der Waals surface area contributed by atoms with E-state index in [-0.39, 0.29) is 46.6 Å². The van der Waals surface area contributed by atoms with Crippen molar-refractivity contribution in [1.29, 1.82) is 0 Å². The van der Waals surface area contributed by atoms with Gasteiger partial charge in [0, 0.05) is 49.5 Å². The van der Waals surface area contributed by atoms with Crippen LogP contribution < -0.4 is 10.0 Å². The second-order valence-corrected chi connectivity index (χ2v) is 14.1. The zero-order valence-electron chi connectivity index (χ0n) is 23.1. The fraction of sp³-hybridized carbons (Fsp3) is 0.310. The number of carbonyl (C=O) groups excluding carboxylic acids is 1. The van der Waals surface area contributed by atoms with E-state index in [2.05, 4.69) is 15.0 Å². The lowest BCUT2D eigenvalue weighted by Crippen LogP contribution is -2.40. The number of furan rings is 1. The van der Waals surface area contributed by atoms with Crippen LogP contribution in [0.2, 0.25) is 0 Å². The van der Waals surface area contributed by atoms with Crippen LogP contribution in [0.5, 0.6) is 0 Å². The van der Waals surface area contributed by atoms with Crippen molar-refractivity contribution in [3.8, 4) is 11.3 Å². The van der Waals surface area contributed by atoms with E-state index in [0.29, 0.717) is 41.5 Å². The summed E-state index contributed by atoms with van der Waals surface area (Å²) in [4.78, 5) is 17.1. The van der Waals surface area contributed by atoms with E-state index in [9.17, 15) is 26.0 Å². The number of hydrogen-bond acceptors (Lipinski definition) is 7. The average Bonchev–Trinajstić information content (AvgIpc) is 3.35. The van der Waals surface area contributed by atoms with Gasteiger partial charge in [0.15, 0.2) is 0 Å². The number of rotatable bonds is 9. The normalized spacial score (nSPS) is 16.4. The fourth-order valence-corrected chi connectivity index (χ4v) is 7.46. The Morgan fingerprint density at radius 3 is 2.57 bits per heavy atom. The van der Waals surface area contributed by atoms with Crippen molar-refractivity contribution >= 4 is 42.6 Å². The lowest BCUT2D eigenvalue weighted by molar-refractivity contribution is 0.0964. The van der Waals surface area contributed by atoms with Crippen LogP contribution in [0.1, 0.15) is 47.2 Å². The monoisotopic (exact) mass is 614 g/mol. The summed E-state index contributed by atoms with van der Waals surface area (Å²) in [7, 11) is -5.93. The van der Waals surface area contributed by atoms with Crippen LogP contribution in [-0.2, 0) is 25.8 Å². The summed E-state index contributed by atoms with van der Waals surface area (Å²) in [6.45, 7) is 1.98. The van der Waals surface area contributed by atoms with Gasteiger partial charge in [-0.3, -0.25) is 14.5 Å². The van der Waals surface area contributed by atoms with Gasteiger partial charge < -0.3 is 9.73 Å². The molecule has 1 fully saturated rings. The number of sulfonamides is 2. The van der Waals surface area contributed by atoms with Crippen LogP contribution in [0, 0.1) is 5.82 Å². The summed E-state index contributed by atoms with van der Waals surface area (Å²) in [6.07, 6.45) is 4.25. The largest absolute Gasteiger partial charge is 0.455 e. The molecule has 1 aliphatic heterocycles. The molecule has 4 aromatic rings. The Labute approximate surface area is 244 Å². The first-order chi connectivity index (χ1) is 20.0. The Bertz CT molecular complexity index is 1830. The van der Waals surface area contributed by atoms with E-state index in [1.165, 1.54) is 54.8 Å². The van der Waals surface area contributed by atoms with E-state index in [1.807, 2.05) is 0 Å². The Morgan fingerprint density at radius 2 is 1.90 bits per heavy atom. The molecule has 0 saturated carbocycles. The van der Waals surface area contributed by atoms with Gasteiger partial charge in [0.05, 0.1) is 22.8 Å². The molecule has 1 atom stereocenters. The highest BCUT2D eigenvalue weighted by Gasteiger charge is 2.33. The summed E-state index contributed by atoms with van der Waals surface area (Å²) in [5.41, 5.74) is 2.30. The number of nitrogens with zero attached hydrogens (tertiary/aromatic N) is 2. The number of nitrogens with one attached hydrogen (secondary N) is 2. The molecule has 1 saturated heterocycles. The molecule has 0 aliphatic carbocycles. The van der Waals surface area contributed by atoms with Crippen molar-refractivity contribution < 1.29 is 30.4 Å². The molecule has 0 radical (unpaired) electrons. The van der Waals surface area contributed by atoms with Crippen LogP contribution in [0.3, 0.4) is 0 Å². The van der Waals surface area contributed by atoms with Gasteiger partial charge in [-0.25, -0.2) is 25.5 Å². The second-order valence-electron chi connectivity index (χ2n) is 10.1. The van der Waals surface area contributed by atoms with Crippen LogP contribution in [0.25, 0.3) is 22.3 Å². The molecule has 2 N–H and O–H groups in total. The lowest BCUT2D eigenvalue weighted by atomic mass is 9.89. The number of amides is 1. The third kappa shape index (κ3) is 6.18. The molecule has 13 heteroatoms. The van der Waals surface area contributed by atoms with E-state index in [1.54, 1.807) is 24.4 Å². The minimum absolute atomic E-state index is 0.132. The molecule has 0 bridgehead atoms. The highest BCUT2D eigenvalue weighted by atomic mass is 32.2. The van der Waals surface area contributed by atoms with Crippen LogP contribution in [0.4, 0.5) is 10.1 Å². The third-order valence-electron chi connectivity index (χ3n) is 7.36. The molecule has 0 unspecified atom stereocenters. The first kappa shape index (κ1) is 29.7. The number of hydrogen-bond donors (Lipinski definition) is 2. The molecular formula is C29H31FN4O6S2. The first-order valence-corrected chi connectivity index (χ1v) is 16.7. The summed E-state index contributed by atoms with van der Waals surface area (Å²) in [5.74, 6) is -1.44. The van der Waals surface area contributed by atoms with E-state index in [0.717, 1.165) is 0 Å². The second kappa shape index (κ2) is 11.8. The first-order valence-electron chi connectivity index (χ1n) is 13.5. The molecule has 5 rings (SSSR count). The number of aromatic nitrogens is 1. The zero-order valence-corrected chi connectivity index (χ0v) is 24.8. The summed E-state index contributed by atoms with van der Waals surface area (Å²) in [5, 5.41) is 3.04. The van der Waals surface area contributed by atoms with Gasteiger partial charge in [0.25, 0.3) is 5.91 Å². The summed E-state index contributed by atoms with van der Waals surface area (Å²) < 4.78 is 75.9. The predicted molar refractivity (Wildman–Crippen MR) is 158 cm³/mol. The van der Waals surface area contributed by atoms with Crippen molar-refractivity contribution in [2.75, 3.05) is 30.6 Å². The number of benzene rings is 2. The van der Waals surface area contributed by atoms with Crippen molar-refractivity contribution in [1.82, 2.24) is 14.6 Å². The van der Waals surface area contributed by atoms with Crippen LogP contribution in [-0.4, -0.2) is 57.9 Å². The van der Waals surface area contributed by atoms with Gasteiger partial charge in [-0.2, -0.15) is 0 Å². The van der Waals surface area contributed by atoms with Gasteiger partial charge in [-0.15, -0.1) is 0 Å². The Kier molecular flexibility index (Phi) is 8.35. The van der Waals surface area contributed by atoms with Gasteiger partial charge in [0.2, 0.25) is 20.0 Å². The zero-order chi connectivity index (χ0) is 30.1. The minimum Gasteiger partial charge on any atom is -0.455 e. The number of fused-ring (bicyclic) bond motifs is 1. The topological polar surface area (TPSA) is 139 Å². The molecule has 1 amide bonds. The SMILES string of the molecule is CCS(=O)(=O)Nc1cc2oc(-c3ccc(F)cc3)c(C(=O)NC)c2cc1[C@@H]1CCCN(S(=O)(=O)Cc2cccnc2)C1. The molecule has 2 aromatic heterocycles. The molecule has 42 heavy (non-hydrogen) atoms. The molecule has 3 heterocycles. The Balaban J connectivity index is 1.62. The number of anilines is 1. The summed E-state index contributed by atoms with van der Waals surface area (Å²) >= 11 is 0. The Hall–Kier alpha value is -3.81. The molecule has 10 nitrogen and oxygen atoms in total. The Morgan fingerprint density at radius 1 is 1.14 bits per heavy atom. The molecule has 0 spiro atoms. The quantitative estimate of drug-likeness (QED) is 0.284. The fourth-order valence-electron chi connectivity index (χ4n) is 5.21. The molecule has 2 aromatic carbocycles. The maximum Gasteiger partial charge on any atom is 0.255 e. The van der Waals surface area contributed by atoms with Crippen LogP contribution >= 0.6 is 0 Å². The average molecular weight is 615 g/mol. The van der Waals surface area contributed by atoms with Crippen LogP contribution in [0.15, 0.2) is 65.3 Å². The van der Waals surface area contributed by atoms with E-state index in [4.69, 9.17) is 4.42 Å². The van der Waals surface area contributed by atoms with Crippen molar-refractivity contribution in [3.63, 3.8) is 0 Å². The lowest BCUT2D eigenvalue weighted by Gasteiger charge is -2.33. The van der Waals surface area contributed by atoms with Crippen molar-refractivity contribution in [2.45, 2.75) is 31.4 Å². The molecule has 1 aliphatic rings. The van der Waals surface area contributed by atoms with Gasteiger partial charge in [-0.05, 0) is 73.2 Å². The smallest absolute Gasteiger partial charge is 0.255 e. The highest BCUT2D eigenvalue weighted by Crippen LogP contribution is 2.41. The molecular weight excluding hydrogens is 583 g/mol. The molecule has 222 valence electrons. The maximum absolute atomic E-state index is 13.6. The van der Waals surface area contributed by atoms with Gasteiger partial charge in [-0.1, -0.05) is 6.07 Å². The minimum atomic E-state index is -3.72. The highest BCUT2D eigenvalue weighted by molar-refractivity contribution is 7.92. The predicted octanol–water partition coefficient (Wildman–Crippen LogP) is 4.46. The standard InChI is InChI=1S/C29H31FN4O6S2/c1-3-41(36,37)33-25-15-26-24(27(29(35)31-2)28(40-26)20-8-10-22(30)11-9-20)14-23(25)21-7-5-13-34(17-21)42(38,39)18-19-6-4-12-32-16-19/h4,6,8-12,14-16,21,33H,3,5,7,13,17-18H2,1-2H3,(H,31,35)/t21-/m1/s1. The number of pyridine rings is 1. The van der Waals surface area contributed by atoms with E-state index >= 15 is 0 Å². The van der Waals surface area contributed by atoms with E-state index < -0.39 is 31.8 Å².